The number of anilines is 2. The molecule has 0 unspecified atom stereocenters. The summed E-state index contributed by atoms with van der Waals surface area (Å²) in [6.07, 6.45) is 4.35. The standard InChI is InChI=1S/C24H33N5O4S/c1-3-33-24-20(8-7-11-25-24)23(30)26-21-18-19(34(31,32)29-12-5-4-6-13-29)9-10-22(21)28-16-14-27(2)15-17-28/h7-11,18H,3-6,12-17H2,1-2H3,(H,26,30). The Hall–Kier alpha value is -2.69. The molecular formula is C24H33N5O4S. The average molecular weight is 488 g/mol. The van der Waals surface area contributed by atoms with Crippen molar-refractivity contribution in [3.8, 4) is 5.88 Å². The number of sulfonamides is 1. The van der Waals surface area contributed by atoms with E-state index in [4.69, 9.17) is 4.74 Å². The van der Waals surface area contributed by atoms with E-state index in [1.165, 1.54) is 0 Å². The molecule has 184 valence electrons. The van der Waals surface area contributed by atoms with E-state index >= 15 is 0 Å². The van der Waals surface area contributed by atoms with Gasteiger partial charge in [0.1, 0.15) is 5.56 Å². The maximum absolute atomic E-state index is 13.3. The topological polar surface area (TPSA) is 95.1 Å². The van der Waals surface area contributed by atoms with Crippen molar-refractivity contribution in [3.05, 3.63) is 42.1 Å². The van der Waals surface area contributed by atoms with Gasteiger partial charge in [-0.15, -0.1) is 0 Å². The summed E-state index contributed by atoms with van der Waals surface area (Å²) in [7, 11) is -1.56. The van der Waals surface area contributed by atoms with E-state index in [2.05, 4.69) is 27.1 Å². The predicted molar refractivity (Wildman–Crippen MR) is 132 cm³/mol. The third kappa shape index (κ3) is 5.34. The molecule has 0 radical (unpaired) electrons. The number of nitrogens with zero attached hydrogens (tertiary/aromatic N) is 4. The summed E-state index contributed by atoms with van der Waals surface area (Å²) < 4.78 is 33.7. The Kier molecular flexibility index (Phi) is 7.70. The van der Waals surface area contributed by atoms with Crippen LogP contribution in [0.3, 0.4) is 0 Å². The Balaban J connectivity index is 1.69. The molecule has 3 heterocycles. The Morgan fingerprint density at radius 3 is 2.50 bits per heavy atom. The molecular weight excluding hydrogens is 454 g/mol. The zero-order chi connectivity index (χ0) is 24.1. The second kappa shape index (κ2) is 10.7. The molecule has 2 saturated heterocycles. The molecule has 1 aromatic heterocycles. The highest BCUT2D eigenvalue weighted by molar-refractivity contribution is 7.89. The zero-order valence-electron chi connectivity index (χ0n) is 19.9. The summed E-state index contributed by atoms with van der Waals surface area (Å²) in [5.74, 6) is -0.139. The number of aromatic nitrogens is 1. The molecule has 0 spiro atoms. The van der Waals surface area contributed by atoms with Crippen LogP contribution in [-0.2, 0) is 10.0 Å². The maximum Gasteiger partial charge on any atom is 0.261 e. The van der Waals surface area contributed by atoms with Crippen molar-refractivity contribution in [2.75, 3.05) is 63.1 Å². The number of hydrogen-bond acceptors (Lipinski definition) is 7. The highest BCUT2D eigenvalue weighted by Gasteiger charge is 2.28. The van der Waals surface area contributed by atoms with Crippen LogP contribution in [0.1, 0.15) is 36.5 Å². The van der Waals surface area contributed by atoms with Gasteiger partial charge in [-0.25, -0.2) is 13.4 Å². The molecule has 34 heavy (non-hydrogen) atoms. The Labute approximate surface area is 201 Å². The van der Waals surface area contributed by atoms with Gasteiger partial charge < -0.3 is 19.9 Å². The number of ether oxygens (including phenoxy) is 1. The van der Waals surface area contributed by atoms with Crippen LogP contribution in [0, 0.1) is 0 Å². The number of carbonyl (C=O) groups is 1. The van der Waals surface area contributed by atoms with Crippen molar-refractivity contribution in [2.45, 2.75) is 31.1 Å². The molecule has 10 heteroatoms. The second-order valence-corrected chi connectivity index (χ2v) is 10.6. The monoisotopic (exact) mass is 487 g/mol. The fraction of sp³-hybridized carbons (Fsp3) is 0.500. The van der Waals surface area contributed by atoms with Crippen LogP contribution in [-0.4, -0.2) is 81.4 Å². The van der Waals surface area contributed by atoms with E-state index in [1.807, 2.05) is 13.0 Å². The average Bonchev–Trinajstić information content (AvgIpc) is 2.85. The molecule has 2 aliphatic rings. The number of piperidine rings is 1. The summed E-state index contributed by atoms with van der Waals surface area (Å²) >= 11 is 0. The molecule has 0 saturated carbocycles. The first-order chi connectivity index (χ1) is 16.4. The zero-order valence-corrected chi connectivity index (χ0v) is 20.7. The minimum absolute atomic E-state index is 0.193. The lowest BCUT2D eigenvalue weighted by Gasteiger charge is -2.35. The fourth-order valence-electron chi connectivity index (χ4n) is 4.36. The van der Waals surface area contributed by atoms with Crippen molar-refractivity contribution >= 4 is 27.3 Å². The molecule has 0 aliphatic carbocycles. The lowest BCUT2D eigenvalue weighted by atomic mass is 10.2. The molecule has 4 rings (SSSR count). The quantitative estimate of drug-likeness (QED) is 0.642. The number of hydrogen-bond donors (Lipinski definition) is 1. The normalized spacial score (nSPS) is 18.0. The van der Waals surface area contributed by atoms with Crippen LogP contribution >= 0.6 is 0 Å². The number of pyridine rings is 1. The van der Waals surface area contributed by atoms with Gasteiger partial charge in [0.05, 0.1) is 22.9 Å². The number of piperazine rings is 1. The van der Waals surface area contributed by atoms with Gasteiger partial charge >= 0.3 is 0 Å². The maximum atomic E-state index is 13.3. The lowest BCUT2D eigenvalue weighted by Crippen LogP contribution is -2.44. The Morgan fingerprint density at radius 2 is 1.79 bits per heavy atom. The van der Waals surface area contributed by atoms with Crippen LogP contribution in [0.25, 0.3) is 0 Å². The molecule has 9 nitrogen and oxygen atoms in total. The van der Waals surface area contributed by atoms with E-state index in [0.717, 1.165) is 51.1 Å². The number of carbonyl (C=O) groups excluding carboxylic acids is 1. The van der Waals surface area contributed by atoms with E-state index < -0.39 is 10.0 Å². The Bertz CT molecular complexity index is 1110. The molecule has 2 aromatic rings. The highest BCUT2D eigenvalue weighted by atomic mass is 32.2. The first-order valence-corrected chi connectivity index (χ1v) is 13.3. The molecule has 0 atom stereocenters. The van der Waals surface area contributed by atoms with Crippen LogP contribution < -0.4 is 15.0 Å². The second-order valence-electron chi connectivity index (χ2n) is 8.68. The van der Waals surface area contributed by atoms with Gasteiger partial charge in [0.15, 0.2) is 0 Å². The van der Waals surface area contributed by atoms with Crippen LogP contribution in [0.15, 0.2) is 41.4 Å². The van der Waals surface area contributed by atoms with Gasteiger partial charge in [0.25, 0.3) is 5.91 Å². The van der Waals surface area contributed by atoms with E-state index in [9.17, 15) is 13.2 Å². The third-order valence-electron chi connectivity index (χ3n) is 6.31. The van der Waals surface area contributed by atoms with Crippen molar-refractivity contribution in [1.82, 2.24) is 14.2 Å². The van der Waals surface area contributed by atoms with Crippen LogP contribution in [0.5, 0.6) is 5.88 Å². The van der Waals surface area contributed by atoms with Crippen molar-refractivity contribution in [2.24, 2.45) is 0 Å². The molecule has 2 aliphatic heterocycles. The number of likely N-dealkylation sites (N-methyl/N-ethyl adjacent to an activating group) is 1. The summed E-state index contributed by atoms with van der Waals surface area (Å²) in [5.41, 5.74) is 1.58. The molecule has 2 fully saturated rings. The van der Waals surface area contributed by atoms with Gasteiger partial charge in [-0.2, -0.15) is 4.31 Å². The van der Waals surface area contributed by atoms with Gasteiger partial charge in [-0.3, -0.25) is 4.79 Å². The van der Waals surface area contributed by atoms with Gasteiger partial charge in [-0.1, -0.05) is 6.42 Å². The number of benzene rings is 1. The summed E-state index contributed by atoms with van der Waals surface area (Å²) in [6, 6.07) is 8.38. The summed E-state index contributed by atoms with van der Waals surface area (Å²) in [6.45, 7) is 6.61. The largest absolute Gasteiger partial charge is 0.477 e. The third-order valence-corrected chi connectivity index (χ3v) is 8.20. The first kappa shape index (κ1) is 24.4. The summed E-state index contributed by atoms with van der Waals surface area (Å²) in [4.78, 5) is 22.0. The number of amides is 1. The smallest absolute Gasteiger partial charge is 0.261 e. The minimum atomic E-state index is -3.64. The van der Waals surface area contributed by atoms with Gasteiger partial charge in [0, 0.05) is 45.5 Å². The Morgan fingerprint density at radius 1 is 1.06 bits per heavy atom. The molecule has 1 amide bonds. The number of rotatable bonds is 7. The molecule has 0 bridgehead atoms. The number of nitrogens with one attached hydrogen (secondary N) is 1. The first-order valence-electron chi connectivity index (χ1n) is 11.9. The molecule has 1 aromatic carbocycles. The van der Waals surface area contributed by atoms with Gasteiger partial charge in [-0.05, 0) is 57.1 Å². The minimum Gasteiger partial charge on any atom is -0.477 e. The van der Waals surface area contributed by atoms with Crippen molar-refractivity contribution < 1.29 is 17.9 Å². The van der Waals surface area contributed by atoms with Crippen molar-refractivity contribution in [1.29, 1.82) is 0 Å². The summed E-state index contributed by atoms with van der Waals surface area (Å²) in [5, 5.41) is 2.95. The van der Waals surface area contributed by atoms with Crippen LogP contribution in [0.4, 0.5) is 11.4 Å². The SMILES string of the molecule is CCOc1ncccc1C(=O)Nc1cc(S(=O)(=O)N2CCCCC2)ccc1N1CCN(C)CC1. The van der Waals surface area contributed by atoms with Crippen molar-refractivity contribution in [3.63, 3.8) is 0 Å². The van der Waals surface area contributed by atoms with E-state index in [-0.39, 0.29) is 16.7 Å². The predicted octanol–water partition coefficient (Wildman–Crippen LogP) is 2.66. The lowest BCUT2D eigenvalue weighted by molar-refractivity contribution is 0.102. The van der Waals surface area contributed by atoms with E-state index in [0.29, 0.717) is 30.9 Å². The molecule has 1 N–H and O–H groups in total. The van der Waals surface area contributed by atoms with Crippen LogP contribution in [0.2, 0.25) is 0 Å². The van der Waals surface area contributed by atoms with Gasteiger partial charge in [0.2, 0.25) is 15.9 Å². The van der Waals surface area contributed by atoms with E-state index in [1.54, 1.807) is 34.8 Å². The highest BCUT2D eigenvalue weighted by Crippen LogP contribution is 2.32. The fourth-order valence-corrected chi connectivity index (χ4v) is 5.90.